The molecule has 0 spiro atoms. The fourth-order valence-corrected chi connectivity index (χ4v) is 3.47. The van der Waals surface area contributed by atoms with E-state index in [1.807, 2.05) is 0 Å². The lowest BCUT2D eigenvalue weighted by molar-refractivity contribution is -0.384. The Morgan fingerprint density at radius 2 is 1.72 bits per heavy atom. The Bertz CT molecular complexity index is 880. The molecule has 0 amide bonds. The molecule has 0 atom stereocenters. The van der Waals surface area contributed by atoms with Crippen molar-refractivity contribution in [3.8, 4) is 11.5 Å². The van der Waals surface area contributed by atoms with Gasteiger partial charge in [0.25, 0.3) is 5.69 Å². The van der Waals surface area contributed by atoms with Crippen LogP contribution in [0, 0.1) is 10.1 Å². The molecule has 0 aliphatic carbocycles. The average Bonchev–Trinajstić information content (AvgIpc) is 2.60. The SMILES string of the molecule is O=[N+]([O-])c1ccc(CCS(=O)(=O)Nc2ccc3c(c2)OCCO3)cc1. The highest BCUT2D eigenvalue weighted by atomic mass is 32.2. The normalized spacial score (nSPS) is 13.3. The average molecular weight is 364 g/mol. The third kappa shape index (κ3) is 4.38. The van der Waals surface area contributed by atoms with Crippen LogP contribution in [0.1, 0.15) is 5.56 Å². The maximum atomic E-state index is 12.2. The summed E-state index contributed by atoms with van der Waals surface area (Å²) in [6.07, 6.45) is 0.248. The van der Waals surface area contributed by atoms with E-state index >= 15 is 0 Å². The van der Waals surface area contributed by atoms with Gasteiger partial charge in [-0.1, -0.05) is 12.1 Å². The molecule has 0 saturated carbocycles. The molecule has 1 aliphatic heterocycles. The summed E-state index contributed by atoms with van der Waals surface area (Å²) in [6, 6.07) is 10.7. The predicted molar refractivity (Wildman–Crippen MR) is 91.6 cm³/mol. The maximum absolute atomic E-state index is 12.2. The standard InChI is InChI=1S/C16H16N2O6S/c19-18(20)14-4-1-12(2-5-14)7-10-25(21,22)17-13-3-6-15-16(11-13)24-9-8-23-15/h1-6,11,17H,7-10H2. The predicted octanol–water partition coefficient (Wildman–Crippen LogP) is 2.35. The smallest absolute Gasteiger partial charge is 0.269 e. The van der Waals surface area contributed by atoms with Crippen LogP contribution < -0.4 is 14.2 Å². The Labute approximate surface area is 144 Å². The first-order valence-electron chi connectivity index (χ1n) is 7.56. The van der Waals surface area contributed by atoms with Crippen molar-refractivity contribution >= 4 is 21.4 Å². The number of hydrogen-bond donors (Lipinski definition) is 1. The summed E-state index contributed by atoms with van der Waals surface area (Å²) in [5.74, 6) is 0.945. The van der Waals surface area contributed by atoms with Crippen molar-refractivity contribution in [2.75, 3.05) is 23.7 Å². The van der Waals surface area contributed by atoms with Crippen molar-refractivity contribution in [2.45, 2.75) is 6.42 Å². The number of rotatable bonds is 6. The van der Waals surface area contributed by atoms with E-state index in [9.17, 15) is 18.5 Å². The largest absolute Gasteiger partial charge is 0.486 e. The first kappa shape index (κ1) is 17.0. The van der Waals surface area contributed by atoms with E-state index in [4.69, 9.17) is 9.47 Å². The van der Waals surface area contributed by atoms with Gasteiger partial charge in [0.15, 0.2) is 11.5 Å². The minimum atomic E-state index is -3.57. The van der Waals surface area contributed by atoms with Gasteiger partial charge >= 0.3 is 0 Å². The summed E-state index contributed by atoms with van der Waals surface area (Å²) < 4.78 is 37.8. The van der Waals surface area contributed by atoms with Crippen LogP contribution in [0.25, 0.3) is 0 Å². The Balaban J connectivity index is 1.63. The lowest BCUT2D eigenvalue weighted by atomic mass is 10.1. The van der Waals surface area contributed by atoms with Crippen molar-refractivity contribution in [3.05, 3.63) is 58.1 Å². The molecule has 0 bridgehead atoms. The van der Waals surface area contributed by atoms with Crippen molar-refractivity contribution in [3.63, 3.8) is 0 Å². The molecule has 0 unspecified atom stereocenters. The summed E-state index contributed by atoms with van der Waals surface area (Å²) in [5, 5.41) is 10.6. The quantitative estimate of drug-likeness (QED) is 0.623. The zero-order valence-electron chi connectivity index (χ0n) is 13.2. The number of nitrogens with zero attached hydrogens (tertiary/aromatic N) is 1. The summed E-state index contributed by atoms with van der Waals surface area (Å²) >= 11 is 0. The fraction of sp³-hybridized carbons (Fsp3) is 0.250. The number of non-ortho nitro benzene ring substituents is 1. The van der Waals surface area contributed by atoms with Crippen molar-refractivity contribution < 1.29 is 22.8 Å². The monoisotopic (exact) mass is 364 g/mol. The third-order valence-corrected chi connectivity index (χ3v) is 4.91. The molecule has 3 rings (SSSR count). The van der Waals surface area contributed by atoms with E-state index in [0.29, 0.717) is 36.0 Å². The van der Waals surface area contributed by atoms with Crippen LogP contribution in [0.3, 0.4) is 0 Å². The summed E-state index contributed by atoms with van der Waals surface area (Å²) in [6.45, 7) is 0.886. The molecule has 2 aromatic carbocycles. The van der Waals surface area contributed by atoms with Gasteiger partial charge in [-0.05, 0) is 24.1 Å². The minimum absolute atomic E-state index is 0.0268. The third-order valence-electron chi connectivity index (χ3n) is 3.62. The van der Waals surface area contributed by atoms with Crippen molar-refractivity contribution in [1.82, 2.24) is 0 Å². The molecular formula is C16H16N2O6S. The van der Waals surface area contributed by atoms with Crippen molar-refractivity contribution in [2.24, 2.45) is 0 Å². The van der Waals surface area contributed by atoms with Crippen LogP contribution in [-0.2, 0) is 16.4 Å². The Hall–Kier alpha value is -2.81. The molecule has 0 aromatic heterocycles. The topological polar surface area (TPSA) is 108 Å². The van der Waals surface area contributed by atoms with Crippen LogP contribution in [0.5, 0.6) is 11.5 Å². The van der Waals surface area contributed by atoms with Crippen LogP contribution in [-0.4, -0.2) is 32.3 Å². The maximum Gasteiger partial charge on any atom is 0.269 e. The number of fused-ring (bicyclic) bond motifs is 1. The molecule has 0 saturated heterocycles. The molecule has 2 aromatic rings. The number of nitro groups is 1. The molecule has 132 valence electrons. The number of nitro benzene ring substituents is 1. The second kappa shape index (κ2) is 6.98. The van der Waals surface area contributed by atoms with Crippen LogP contribution in [0.15, 0.2) is 42.5 Å². The number of benzene rings is 2. The van der Waals surface area contributed by atoms with Gasteiger partial charge in [0.2, 0.25) is 10.0 Å². The number of hydrogen-bond acceptors (Lipinski definition) is 6. The van der Waals surface area contributed by atoms with E-state index in [-0.39, 0.29) is 17.9 Å². The fourth-order valence-electron chi connectivity index (χ4n) is 2.37. The van der Waals surface area contributed by atoms with E-state index in [1.165, 1.54) is 12.1 Å². The van der Waals surface area contributed by atoms with Gasteiger partial charge in [-0.3, -0.25) is 14.8 Å². The van der Waals surface area contributed by atoms with Crippen LogP contribution in [0.2, 0.25) is 0 Å². The van der Waals surface area contributed by atoms with E-state index in [1.54, 1.807) is 30.3 Å². The molecule has 8 nitrogen and oxygen atoms in total. The van der Waals surface area contributed by atoms with Gasteiger partial charge < -0.3 is 9.47 Å². The first-order chi connectivity index (χ1) is 11.9. The van der Waals surface area contributed by atoms with Gasteiger partial charge in [-0.25, -0.2) is 8.42 Å². The number of sulfonamides is 1. The highest BCUT2D eigenvalue weighted by Crippen LogP contribution is 2.32. The molecule has 9 heteroatoms. The number of nitrogens with one attached hydrogen (secondary N) is 1. The van der Waals surface area contributed by atoms with E-state index < -0.39 is 14.9 Å². The Morgan fingerprint density at radius 1 is 1.04 bits per heavy atom. The molecule has 1 heterocycles. The molecule has 0 fully saturated rings. The summed E-state index contributed by atoms with van der Waals surface area (Å²) in [5.41, 5.74) is 1.08. The second-order valence-corrected chi connectivity index (χ2v) is 7.29. The van der Waals surface area contributed by atoms with Gasteiger partial charge in [-0.2, -0.15) is 0 Å². The zero-order chi connectivity index (χ0) is 17.9. The van der Waals surface area contributed by atoms with E-state index in [0.717, 1.165) is 0 Å². The molecule has 1 aliphatic rings. The van der Waals surface area contributed by atoms with Gasteiger partial charge in [0, 0.05) is 18.2 Å². The Morgan fingerprint density at radius 3 is 2.40 bits per heavy atom. The summed E-state index contributed by atoms with van der Waals surface area (Å²) in [4.78, 5) is 10.1. The molecule has 1 N–H and O–H groups in total. The zero-order valence-corrected chi connectivity index (χ0v) is 14.0. The molecule has 0 radical (unpaired) electrons. The molecular weight excluding hydrogens is 348 g/mol. The van der Waals surface area contributed by atoms with Gasteiger partial charge in [-0.15, -0.1) is 0 Å². The van der Waals surface area contributed by atoms with Crippen LogP contribution in [0.4, 0.5) is 11.4 Å². The van der Waals surface area contributed by atoms with E-state index in [2.05, 4.69) is 4.72 Å². The minimum Gasteiger partial charge on any atom is -0.486 e. The molecule has 25 heavy (non-hydrogen) atoms. The van der Waals surface area contributed by atoms with Crippen molar-refractivity contribution in [1.29, 1.82) is 0 Å². The highest BCUT2D eigenvalue weighted by molar-refractivity contribution is 7.92. The lowest BCUT2D eigenvalue weighted by Gasteiger charge is -2.19. The second-order valence-electron chi connectivity index (χ2n) is 5.45. The van der Waals surface area contributed by atoms with Gasteiger partial charge in [0.1, 0.15) is 13.2 Å². The van der Waals surface area contributed by atoms with Gasteiger partial charge in [0.05, 0.1) is 16.4 Å². The summed E-state index contributed by atoms with van der Waals surface area (Å²) in [7, 11) is -3.57. The van der Waals surface area contributed by atoms with Crippen LogP contribution >= 0.6 is 0 Å². The highest BCUT2D eigenvalue weighted by Gasteiger charge is 2.15. The lowest BCUT2D eigenvalue weighted by Crippen LogP contribution is -2.19. The number of ether oxygens (including phenoxy) is 2. The number of anilines is 1. The Kier molecular flexibility index (Phi) is 4.75. The number of aryl methyl sites for hydroxylation is 1. The first-order valence-corrected chi connectivity index (χ1v) is 9.22.